The van der Waals surface area contributed by atoms with Crippen molar-refractivity contribution in [1.29, 1.82) is 0 Å². The van der Waals surface area contributed by atoms with Crippen molar-refractivity contribution in [3.8, 4) is 0 Å². The largest absolute Gasteiger partial charge is 0.481 e. The van der Waals surface area contributed by atoms with Crippen molar-refractivity contribution in [2.45, 2.75) is 57.3 Å². The van der Waals surface area contributed by atoms with E-state index in [1.165, 1.54) is 30.4 Å². The summed E-state index contributed by atoms with van der Waals surface area (Å²) >= 11 is 0. The number of hydrogen-bond donors (Lipinski definition) is 1. The van der Waals surface area contributed by atoms with Crippen LogP contribution < -0.4 is 0 Å². The molecule has 3 atom stereocenters. The number of rotatable bonds is 3. The third-order valence-corrected chi connectivity index (χ3v) is 5.37. The molecule has 108 valence electrons. The Labute approximate surface area is 121 Å². The summed E-state index contributed by atoms with van der Waals surface area (Å²) in [5.41, 5.74) is 2.67. The summed E-state index contributed by atoms with van der Waals surface area (Å²) in [4.78, 5) is 11.5. The molecule has 1 aromatic carbocycles. The Morgan fingerprint density at radius 1 is 1.05 bits per heavy atom. The van der Waals surface area contributed by atoms with Gasteiger partial charge in [0.15, 0.2) is 0 Å². The van der Waals surface area contributed by atoms with Crippen LogP contribution in [0.2, 0.25) is 0 Å². The molecule has 0 aromatic heterocycles. The van der Waals surface area contributed by atoms with Crippen molar-refractivity contribution in [1.82, 2.24) is 0 Å². The first-order chi connectivity index (χ1) is 9.65. The molecule has 3 unspecified atom stereocenters. The molecule has 2 heteroatoms. The summed E-state index contributed by atoms with van der Waals surface area (Å²) in [6.07, 6.45) is 6.88. The molecule has 0 heterocycles. The molecule has 0 radical (unpaired) electrons. The summed E-state index contributed by atoms with van der Waals surface area (Å²) in [5, 5.41) is 9.45. The lowest BCUT2D eigenvalue weighted by atomic mass is 9.71. The fraction of sp³-hybridized carbons (Fsp3) is 0.611. The summed E-state index contributed by atoms with van der Waals surface area (Å²) in [6.45, 7) is 2.24. The first-order valence-corrected chi connectivity index (χ1v) is 7.98. The fourth-order valence-corrected chi connectivity index (χ4v) is 3.80. The van der Waals surface area contributed by atoms with E-state index < -0.39 is 5.97 Å². The molecule has 2 saturated carbocycles. The molecule has 0 aliphatic heterocycles. The SMILES string of the molecule is CC1CCC(C(=O)O)C(c2ccc(C3CCC3)cc2)C1. The average Bonchev–Trinajstić information content (AvgIpc) is 2.37. The van der Waals surface area contributed by atoms with Crippen LogP contribution in [0.4, 0.5) is 0 Å². The van der Waals surface area contributed by atoms with Gasteiger partial charge < -0.3 is 5.11 Å². The number of aliphatic carboxylic acids is 1. The molecular formula is C18H24O2. The Bertz CT molecular complexity index is 473. The van der Waals surface area contributed by atoms with E-state index in [1.54, 1.807) is 0 Å². The Balaban J connectivity index is 1.79. The highest BCUT2D eigenvalue weighted by atomic mass is 16.4. The standard InChI is InChI=1S/C18H24O2/c1-12-5-10-16(18(19)20)17(11-12)15-8-6-14(7-9-15)13-3-2-4-13/h6-9,12-13,16-17H,2-5,10-11H2,1H3,(H,19,20). The number of benzene rings is 1. The minimum absolute atomic E-state index is 0.194. The second kappa shape index (κ2) is 5.59. The third kappa shape index (κ3) is 2.61. The van der Waals surface area contributed by atoms with Crippen LogP contribution in [0.1, 0.15) is 68.4 Å². The average molecular weight is 272 g/mol. The van der Waals surface area contributed by atoms with Crippen molar-refractivity contribution in [3.63, 3.8) is 0 Å². The van der Waals surface area contributed by atoms with Crippen LogP contribution in [0.25, 0.3) is 0 Å². The van der Waals surface area contributed by atoms with Crippen LogP contribution in [0.15, 0.2) is 24.3 Å². The second-order valence-electron chi connectivity index (χ2n) is 6.76. The van der Waals surface area contributed by atoms with E-state index in [0.29, 0.717) is 5.92 Å². The van der Waals surface area contributed by atoms with Crippen molar-refractivity contribution in [2.24, 2.45) is 11.8 Å². The second-order valence-corrected chi connectivity index (χ2v) is 6.76. The summed E-state index contributed by atoms with van der Waals surface area (Å²) in [5.74, 6) is 0.781. The Morgan fingerprint density at radius 3 is 2.25 bits per heavy atom. The fourth-order valence-electron chi connectivity index (χ4n) is 3.80. The van der Waals surface area contributed by atoms with E-state index in [-0.39, 0.29) is 11.8 Å². The van der Waals surface area contributed by atoms with Gasteiger partial charge in [-0.2, -0.15) is 0 Å². The monoisotopic (exact) mass is 272 g/mol. The molecular weight excluding hydrogens is 248 g/mol. The first-order valence-electron chi connectivity index (χ1n) is 7.98. The molecule has 0 bridgehead atoms. The number of carboxylic acids is 1. The van der Waals surface area contributed by atoms with Gasteiger partial charge in [0.2, 0.25) is 0 Å². The van der Waals surface area contributed by atoms with Gasteiger partial charge in [-0.3, -0.25) is 4.79 Å². The Hall–Kier alpha value is -1.31. The van der Waals surface area contributed by atoms with E-state index in [2.05, 4.69) is 31.2 Å². The molecule has 20 heavy (non-hydrogen) atoms. The normalized spacial score (nSPS) is 30.8. The molecule has 0 spiro atoms. The third-order valence-electron chi connectivity index (χ3n) is 5.37. The van der Waals surface area contributed by atoms with Gasteiger partial charge >= 0.3 is 5.97 Å². The molecule has 0 amide bonds. The van der Waals surface area contributed by atoms with Crippen LogP contribution in [-0.4, -0.2) is 11.1 Å². The predicted molar refractivity (Wildman–Crippen MR) is 79.9 cm³/mol. The van der Waals surface area contributed by atoms with Gasteiger partial charge in [-0.05, 0) is 61.0 Å². The first kappa shape index (κ1) is 13.7. The highest BCUT2D eigenvalue weighted by molar-refractivity contribution is 5.71. The van der Waals surface area contributed by atoms with Crippen LogP contribution in [0, 0.1) is 11.8 Å². The van der Waals surface area contributed by atoms with Gasteiger partial charge in [-0.1, -0.05) is 37.6 Å². The maximum atomic E-state index is 11.5. The Kier molecular flexibility index (Phi) is 3.82. The molecule has 2 nitrogen and oxygen atoms in total. The maximum absolute atomic E-state index is 11.5. The van der Waals surface area contributed by atoms with Gasteiger partial charge in [0, 0.05) is 0 Å². The summed E-state index contributed by atoms with van der Waals surface area (Å²) < 4.78 is 0. The molecule has 3 rings (SSSR count). The molecule has 2 aliphatic carbocycles. The highest BCUT2D eigenvalue weighted by Gasteiger charge is 2.34. The maximum Gasteiger partial charge on any atom is 0.307 e. The Morgan fingerprint density at radius 2 is 1.70 bits per heavy atom. The lowest BCUT2D eigenvalue weighted by Gasteiger charge is -2.33. The molecule has 1 N–H and O–H groups in total. The van der Waals surface area contributed by atoms with Crippen LogP contribution >= 0.6 is 0 Å². The number of carboxylic acid groups (broad SMARTS) is 1. The lowest BCUT2D eigenvalue weighted by molar-refractivity contribution is -0.143. The van der Waals surface area contributed by atoms with Gasteiger partial charge in [0.25, 0.3) is 0 Å². The van der Waals surface area contributed by atoms with Gasteiger partial charge in [-0.15, -0.1) is 0 Å². The van der Waals surface area contributed by atoms with E-state index in [1.807, 2.05) is 0 Å². The van der Waals surface area contributed by atoms with Crippen molar-refractivity contribution < 1.29 is 9.90 Å². The van der Waals surface area contributed by atoms with Gasteiger partial charge in [0.1, 0.15) is 0 Å². The summed E-state index contributed by atoms with van der Waals surface area (Å²) in [7, 11) is 0. The van der Waals surface area contributed by atoms with E-state index in [4.69, 9.17) is 0 Å². The zero-order chi connectivity index (χ0) is 14.1. The van der Waals surface area contributed by atoms with Gasteiger partial charge in [-0.25, -0.2) is 0 Å². The zero-order valence-electron chi connectivity index (χ0n) is 12.2. The minimum Gasteiger partial charge on any atom is -0.481 e. The molecule has 2 aliphatic rings. The van der Waals surface area contributed by atoms with E-state index in [0.717, 1.165) is 25.2 Å². The smallest absolute Gasteiger partial charge is 0.307 e. The van der Waals surface area contributed by atoms with Crippen LogP contribution in [0.5, 0.6) is 0 Å². The molecule has 1 aromatic rings. The van der Waals surface area contributed by atoms with Gasteiger partial charge in [0.05, 0.1) is 5.92 Å². The summed E-state index contributed by atoms with van der Waals surface area (Å²) in [6, 6.07) is 8.84. The highest BCUT2D eigenvalue weighted by Crippen LogP contribution is 2.42. The quantitative estimate of drug-likeness (QED) is 0.876. The van der Waals surface area contributed by atoms with E-state index >= 15 is 0 Å². The molecule has 2 fully saturated rings. The van der Waals surface area contributed by atoms with Crippen molar-refractivity contribution in [3.05, 3.63) is 35.4 Å². The topological polar surface area (TPSA) is 37.3 Å². The lowest BCUT2D eigenvalue weighted by Crippen LogP contribution is -2.28. The van der Waals surface area contributed by atoms with E-state index in [9.17, 15) is 9.90 Å². The van der Waals surface area contributed by atoms with Crippen molar-refractivity contribution in [2.75, 3.05) is 0 Å². The zero-order valence-corrected chi connectivity index (χ0v) is 12.2. The number of hydrogen-bond acceptors (Lipinski definition) is 1. The predicted octanol–water partition coefficient (Wildman–Crippen LogP) is 4.56. The van der Waals surface area contributed by atoms with Crippen LogP contribution in [-0.2, 0) is 4.79 Å². The van der Waals surface area contributed by atoms with Crippen molar-refractivity contribution >= 4 is 5.97 Å². The number of carbonyl (C=O) groups is 1. The van der Waals surface area contributed by atoms with Crippen LogP contribution in [0.3, 0.4) is 0 Å². The minimum atomic E-state index is -0.620. The molecule has 0 saturated heterocycles.